The second-order valence-corrected chi connectivity index (χ2v) is 4.37. The average Bonchev–Trinajstić information content (AvgIpc) is 2.49. The van der Waals surface area contributed by atoms with E-state index in [1.165, 1.54) is 26.4 Å². The fourth-order valence-electron chi connectivity index (χ4n) is 1.51. The molecule has 0 spiro atoms. The predicted molar refractivity (Wildman–Crippen MR) is 79.0 cm³/mol. The number of halogens is 1. The summed E-state index contributed by atoms with van der Waals surface area (Å²) in [6.45, 7) is 0. The van der Waals surface area contributed by atoms with Gasteiger partial charge in [0.25, 0.3) is 5.91 Å². The topological polar surface area (TPSA) is 99.4 Å². The maximum absolute atomic E-state index is 12.1. The summed E-state index contributed by atoms with van der Waals surface area (Å²) in [5, 5.41) is 2.83. The van der Waals surface area contributed by atoms with Gasteiger partial charge < -0.3 is 15.2 Å². The van der Waals surface area contributed by atoms with Gasteiger partial charge in [-0.1, -0.05) is 11.6 Å². The number of benzene rings is 1. The summed E-state index contributed by atoms with van der Waals surface area (Å²) in [5.74, 6) is 0.177. The molecule has 0 unspecified atom stereocenters. The molecule has 8 heteroatoms. The number of rotatable bonds is 4. The second kappa shape index (κ2) is 6.27. The normalized spacial score (nSPS) is 10.0. The Bertz CT molecular complexity index is 656. The van der Waals surface area contributed by atoms with E-state index >= 15 is 0 Å². The number of nitrogen functional groups attached to an aromatic ring is 1. The lowest BCUT2D eigenvalue weighted by atomic mass is 10.2. The van der Waals surface area contributed by atoms with Gasteiger partial charge in [0.05, 0.1) is 31.0 Å². The van der Waals surface area contributed by atoms with Gasteiger partial charge in [0.2, 0.25) is 17.7 Å². The van der Waals surface area contributed by atoms with E-state index in [4.69, 9.17) is 26.8 Å². The lowest BCUT2D eigenvalue weighted by Crippen LogP contribution is -2.15. The molecule has 1 amide bonds. The van der Waals surface area contributed by atoms with Crippen molar-refractivity contribution in [2.75, 3.05) is 25.3 Å². The van der Waals surface area contributed by atoms with Crippen LogP contribution < -0.4 is 20.5 Å². The average molecular weight is 309 g/mol. The number of hydrogen-bond acceptors (Lipinski definition) is 6. The van der Waals surface area contributed by atoms with Crippen molar-refractivity contribution in [2.24, 2.45) is 0 Å². The molecule has 0 saturated carbocycles. The molecule has 0 radical (unpaired) electrons. The molecular formula is C13H13ClN4O3. The van der Waals surface area contributed by atoms with Crippen molar-refractivity contribution in [1.82, 2.24) is 9.97 Å². The van der Waals surface area contributed by atoms with Crippen LogP contribution in [0.2, 0.25) is 5.02 Å². The first-order valence-corrected chi connectivity index (χ1v) is 6.24. The lowest BCUT2D eigenvalue weighted by Gasteiger charge is -2.08. The van der Waals surface area contributed by atoms with Crippen LogP contribution in [-0.4, -0.2) is 30.1 Å². The zero-order valence-electron chi connectivity index (χ0n) is 11.4. The first-order chi connectivity index (χ1) is 10.0. The van der Waals surface area contributed by atoms with Crippen molar-refractivity contribution in [1.29, 1.82) is 0 Å². The van der Waals surface area contributed by atoms with Gasteiger partial charge in [-0.25, -0.2) is 0 Å². The highest BCUT2D eigenvalue weighted by Gasteiger charge is 2.12. The number of nitrogens with two attached hydrogens (primary N) is 1. The molecule has 0 aliphatic carbocycles. The third-order valence-corrected chi connectivity index (χ3v) is 2.91. The van der Waals surface area contributed by atoms with Crippen molar-refractivity contribution >= 4 is 29.1 Å². The van der Waals surface area contributed by atoms with E-state index < -0.39 is 5.91 Å². The molecule has 0 aliphatic heterocycles. The zero-order chi connectivity index (χ0) is 15.4. The second-order valence-electron chi connectivity index (χ2n) is 3.97. The number of aromatic nitrogens is 2. The van der Waals surface area contributed by atoms with Crippen LogP contribution in [0, 0.1) is 0 Å². The van der Waals surface area contributed by atoms with Crippen LogP contribution in [0.5, 0.6) is 11.8 Å². The van der Waals surface area contributed by atoms with Gasteiger partial charge >= 0.3 is 0 Å². The fraction of sp³-hybridized carbons (Fsp3) is 0.154. The summed E-state index contributed by atoms with van der Waals surface area (Å²) >= 11 is 5.88. The monoisotopic (exact) mass is 308 g/mol. The molecular weight excluding hydrogens is 296 g/mol. The van der Waals surface area contributed by atoms with Gasteiger partial charge in [0, 0.05) is 5.56 Å². The summed E-state index contributed by atoms with van der Waals surface area (Å²) in [6.07, 6.45) is 0. The largest absolute Gasteiger partial charge is 0.481 e. The van der Waals surface area contributed by atoms with Gasteiger partial charge in [0.15, 0.2) is 0 Å². The van der Waals surface area contributed by atoms with Crippen molar-refractivity contribution in [3.05, 3.63) is 34.9 Å². The van der Waals surface area contributed by atoms with Gasteiger partial charge in [-0.05, 0) is 18.2 Å². The minimum absolute atomic E-state index is 0.0594. The number of carbonyl (C=O) groups excluding carboxylic acids is 1. The molecule has 2 aromatic rings. The third-order valence-electron chi connectivity index (χ3n) is 2.59. The van der Waals surface area contributed by atoms with Crippen LogP contribution in [0.1, 0.15) is 10.4 Å². The van der Waals surface area contributed by atoms with E-state index in [0.29, 0.717) is 16.3 Å². The lowest BCUT2D eigenvalue weighted by molar-refractivity contribution is 0.102. The van der Waals surface area contributed by atoms with E-state index in [1.807, 2.05) is 0 Å². The summed E-state index contributed by atoms with van der Waals surface area (Å²) in [7, 11) is 2.90. The first kappa shape index (κ1) is 14.9. The van der Waals surface area contributed by atoms with Crippen LogP contribution in [0.25, 0.3) is 0 Å². The Morgan fingerprint density at radius 3 is 2.33 bits per heavy atom. The number of methoxy groups -OCH3 is 2. The Kier molecular flexibility index (Phi) is 4.44. The maximum Gasteiger partial charge on any atom is 0.258 e. The van der Waals surface area contributed by atoms with Crippen LogP contribution in [-0.2, 0) is 0 Å². The van der Waals surface area contributed by atoms with Crippen molar-refractivity contribution in [3.63, 3.8) is 0 Å². The Balaban J connectivity index is 2.24. The summed E-state index contributed by atoms with van der Waals surface area (Å²) in [6, 6.07) is 6.05. The molecule has 0 atom stereocenters. The Labute approximate surface area is 126 Å². The van der Waals surface area contributed by atoms with Gasteiger partial charge in [0.1, 0.15) is 0 Å². The van der Waals surface area contributed by atoms with E-state index in [9.17, 15) is 4.79 Å². The Morgan fingerprint density at radius 2 is 1.81 bits per heavy atom. The minimum Gasteiger partial charge on any atom is -0.481 e. The third kappa shape index (κ3) is 3.51. The van der Waals surface area contributed by atoms with Crippen LogP contribution >= 0.6 is 11.6 Å². The molecule has 7 nitrogen and oxygen atoms in total. The van der Waals surface area contributed by atoms with E-state index in [0.717, 1.165) is 0 Å². The summed E-state index contributed by atoms with van der Waals surface area (Å²) in [5.41, 5.74) is 6.32. The van der Waals surface area contributed by atoms with Gasteiger partial charge in [-0.15, -0.1) is 0 Å². The van der Waals surface area contributed by atoms with Crippen molar-refractivity contribution in [3.8, 4) is 11.8 Å². The molecule has 0 bridgehead atoms. The van der Waals surface area contributed by atoms with Gasteiger partial charge in [-0.3, -0.25) is 10.1 Å². The molecule has 0 fully saturated rings. The predicted octanol–water partition coefficient (Wildman–Crippen LogP) is 1.98. The van der Waals surface area contributed by atoms with Crippen LogP contribution in [0.15, 0.2) is 24.3 Å². The van der Waals surface area contributed by atoms with Gasteiger partial charge in [-0.2, -0.15) is 9.97 Å². The Morgan fingerprint density at radius 1 is 1.19 bits per heavy atom. The quantitative estimate of drug-likeness (QED) is 0.838. The van der Waals surface area contributed by atoms with Crippen molar-refractivity contribution in [2.45, 2.75) is 0 Å². The zero-order valence-corrected chi connectivity index (χ0v) is 12.1. The minimum atomic E-state index is -0.424. The molecule has 1 aromatic heterocycles. The molecule has 1 aromatic carbocycles. The Hall–Kier alpha value is -2.54. The van der Waals surface area contributed by atoms with E-state index in [2.05, 4.69) is 15.3 Å². The number of hydrogen-bond donors (Lipinski definition) is 2. The van der Waals surface area contributed by atoms with Crippen LogP contribution in [0.3, 0.4) is 0 Å². The highest BCUT2D eigenvalue weighted by Crippen LogP contribution is 2.21. The molecule has 0 saturated heterocycles. The number of nitrogens with one attached hydrogen (secondary N) is 1. The highest BCUT2D eigenvalue weighted by atomic mass is 35.5. The fourth-order valence-corrected chi connectivity index (χ4v) is 1.69. The molecule has 2 rings (SSSR count). The summed E-state index contributed by atoms with van der Waals surface area (Å²) in [4.78, 5) is 20.1. The van der Waals surface area contributed by atoms with Crippen LogP contribution in [0.4, 0.5) is 11.6 Å². The smallest absolute Gasteiger partial charge is 0.258 e. The number of anilines is 2. The highest BCUT2D eigenvalue weighted by molar-refractivity contribution is 6.33. The summed E-state index contributed by atoms with van der Waals surface area (Å²) < 4.78 is 10.00. The van der Waals surface area contributed by atoms with Crippen molar-refractivity contribution < 1.29 is 14.3 Å². The van der Waals surface area contributed by atoms with E-state index in [1.54, 1.807) is 12.1 Å². The maximum atomic E-state index is 12.1. The first-order valence-electron chi connectivity index (χ1n) is 5.87. The number of amides is 1. The number of carbonyl (C=O) groups is 1. The molecule has 0 aliphatic rings. The standard InChI is InChI=1S/C13H13ClN4O3/c1-20-10-6-11(21-2)17-13(16-10)18-12(19)7-3-4-9(15)8(14)5-7/h3-6H,15H2,1-2H3,(H,16,17,18,19). The molecule has 1 heterocycles. The molecule has 110 valence electrons. The SMILES string of the molecule is COc1cc(OC)nc(NC(=O)c2ccc(N)c(Cl)c2)n1. The molecule has 3 N–H and O–H groups in total. The number of ether oxygens (including phenoxy) is 2. The molecule has 21 heavy (non-hydrogen) atoms. The van der Waals surface area contributed by atoms with E-state index in [-0.39, 0.29) is 17.7 Å². The number of nitrogens with zero attached hydrogens (tertiary/aromatic N) is 2.